The molecule has 0 unspecified atom stereocenters. The van der Waals surface area contributed by atoms with Crippen LogP contribution >= 0.6 is 0 Å². The lowest BCUT2D eigenvalue weighted by Gasteiger charge is -1.99. The highest BCUT2D eigenvalue weighted by molar-refractivity contribution is 5.45. The fraction of sp³-hybridized carbons (Fsp3) is 0.250. The summed E-state index contributed by atoms with van der Waals surface area (Å²) in [4.78, 5) is 18.2. The summed E-state index contributed by atoms with van der Waals surface area (Å²) in [5, 5.41) is 4.39. The predicted molar refractivity (Wildman–Crippen MR) is 61.1 cm³/mol. The van der Waals surface area contributed by atoms with Gasteiger partial charge in [-0.2, -0.15) is 9.67 Å². The van der Waals surface area contributed by atoms with Crippen LogP contribution in [0, 0.1) is 0 Å². The fourth-order valence-electron chi connectivity index (χ4n) is 1.69. The number of hydrogen-bond donors (Lipinski definition) is 0. The van der Waals surface area contributed by atoms with Gasteiger partial charge in [0.15, 0.2) is 5.82 Å². The molecule has 0 atom stereocenters. The van der Waals surface area contributed by atoms with E-state index in [4.69, 9.17) is 0 Å². The fourth-order valence-corrected chi connectivity index (χ4v) is 1.69. The normalized spacial score (nSPS) is 14.4. The highest BCUT2D eigenvalue weighted by atomic mass is 16.1. The van der Waals surface area contributed by atoms with E-state index in [1.54, 1.807) is 4.68 Å². The molecule has 5 heteroatoms. The van der Waals surface area contributed by atoms with Crippen molar-refractivity contribution in [3.63, 3.8) is 0 Å². The van der Waals surface area contributed by atoms with Crippen molar-refractivity contribution in [2.45, 2.75) is 18.8 Å². The van der Waals surface area contributed by atoms with Gasteiger partial charge in [0.1, 0.15) is 0 Å². The Morgan fingerprint density at radius 2 is 2.06 bits per heavy atom. The molecule has 1 aromatic heterocycles. The maximum atomic E-state index is 10.4. The van der Waals surface area contributed by atoms with Gasteiger partial charge in [-0.1, -0.05) is 18.2 Å². The van der Waals surface area contributed by atoms with Crippen LogP contribution in [0.25, 0.3) is 5.69 Å². The van der Waals surface area contributed by atoms with Crippen molar-refractivity contribution in [2.24, 2.45) is 4.99 Å². The third-order valence-corrected chi connectivity index (χ3v) is 2.70. The second kappa shape index (κ2) is 3.96. The summed E-state index contributed by atoms with van der Waals surface area (Å²) < 4.78 is 1.58. The Morgan fingerprint density at radius 1 is 1.29 bits per heavy atom. The maximum absolute atomic E-state index is 10.4. The van der Waals surface area contributed by atoms with Crippen molar-refractivity contribution in [2.75, 3.05) is 0 Å². The Balaban J connectivity index is 2.10. The maximum Gasteiger partial charge on any atom is 0.264 e. The first-order valence-corrected chi connectivity index (χ1v) is 5.49. The second-order valence-corrected chi connectivity index (χ2v) is 3.99. The molecule has 1 aromatic carbocycles. The molecule has 3 rings (SSSR count). The summed E-state index contributed by atoms with van der Waals surface area (Å²) in [5.41, 5.74) is 0.848. The first kappa shape index (κ1) is 9.93. The minimum atomic E-state index is 0.299. The number of hydrogen-bond acceptors (Lipinski definition) is 4. The number of benzene rings is 1. The highest BCUT2D eigenvalue weighted by Gasteiger charge is 2.29. The summed E-state index contributed by atoms with van der Waals surface area (Å²) in [7, 11) is 0. The van der Waals surface area contributed by atoms with Crippen LogP contribution in [0.5, 0.6) is 0 Å². The zero-order valence-corrected chi connectivity index (χ0v) is 9.08. The number of carbonyl (C=O) groups excluding carboxylic acids is 1. The molecule has 0 bridgehead atoms. The lowest BCUT2D eigenvalue weighted by atomic mass is 10.3. The molecule has 0 spiro atoms. The molecule has 1 aliphatic rings. The smallest absolute Gasteiger partial charge is 0.211 e. The zero-order chi connectivity index (χ0) is 11.7. The van der Waals surface area contributed by atoms with Crippen LogP contribution in [0.1, 0.15) is 24.6 Å². The standard InChI is InChI=1S/C12H10N4O/c17-8-13-12-14-11(9-6-7-9)15-16(12)10-4-2-1-3-5-10/h1-5,9H,6-7H2. The Morgan fingerprint density at radius 3 is 2.71 bits per heavy atom. The van der Waals surface area contributed by atoms with Crippen LogP contribution in [0.4, 0.5) is 5.95 Å². The molecule has 1 heterocycles. The quantitative estimate of drug-likeness (QED) is 0.594. The zero-order valence-electron chi connectivity index (χ0n) is 9.08. The largest absolute Gasteiger partial charge is 0.264 e. The monoisotopic (exact) mass is 226 g/mol. The third-order valence-electron chi connectivity index (χ3n) is 2.70. The number of para-hydroxylation sites is 1. The van der Waals surface area contributed by atoms with Gasteiger partial charge in [-0.3, -0.25) is 0 Å². The molecule has 0 N–H and O–H groups in total. The van der Waals surface area contributed by atoms with E-state index in [1.165, 1.54) is 6.08 Å². The highest BCUT2D eigenvalue weighted by Crippen LogP contribution is 2.39. The van der Waals surface area contributed by atoms with E-state index in [0.717, 1.165) is 24.4 Å². The number of rotatable bonds is 3. The van der Waals surface area contributed by atoms with Crippen LogP contribution in [0.2, 0.25) is 0 Å². The molecule has 0 saturated heterocycles. The number of aliphatic imine (C=N–C) groups is 1. The molecule has 84 valence electrons. The molecule has 0 radical (unpaired) electrons. The third kappa shape index (κ3) is 1.88. The van der Waals surface area contributed by atoms with Gasteiger partial charge in [0.25, 0.3) is 5.95 Å². The van der Waals surface area contributed by atoms with Crippen molar-refractivity contribution < 1.29 is 4.79 Å². The summed E-state index contributed by atoms with van der Waals surface area (Å²) >= 11 is 0. The molecule has 1 aliphatic carbocycles. The van der Waals surface area contributed by atoms with Gasteiger partial charge in [-0.15, -0.1) is 10.1 Å². The van der Waals surface area contributed by atoms with Crippen LogP contribution < -0.4 is 0 Å². The van der Waals surface area contributed by atoms with Crippen molar-refractivity contribution in [1.29, 1.82) is 0 Å². The SMILES string of the molecule is O=C=Nc1nc(C2CC2)nn1-c1ccccc1. The molecule has 1 saturated carbocycles. The van der Waals surface area contributed by atoms with Crippen LogP contribution in [0.3, 0.4) is 0 Å². The predicted octanol–water partition coefficient (Wildman–Crippen LogP) is 2.11. The van der Waals surface area contributed by atoms with Crippen molar-refractivity contribution in [1.82, 2.24) is 14.8 Å². The molecule has 17 heavy (non-hydrogen) atoms. The molecule has 0 aliphatic heterocycles. The summed E-state index contributed by atoms with van der Waals surface area (Å²) in [5.74, 6) is 1.50. The number of isocyanates is 1. The van der Waals surface area contributed by atoms with Gasteiger partial charge in [0, 0.05) is 5.92 Å². The van der Waals surface area contributed by atoms with E-state index in [2.05, 4.69) is 15.1 Å². The van der Waals surface area contributed by atoms with Crippen molar-refractivity contribution >= 4 is 12.0 Å². The van der Waals surface area contributed by atoms with E-state index in [-0.39, 0.29) is 0 Å². The van der Waals surface area contributed by atoms with E-state index in [9.17, 15) is 4.79 Å². The average Bonchev–Trinajstić information content (AvgIpc) is 3.13. The van der Waals surface area contributed by atoms with E-state index in [0.29, 0.717) is 11.9 Å². The van der Waals surface area contributed by atoms with Crippen LogP contribution in [0.15, 0.2) is 35.3 Å². The van der Waals surface area contributed by atoms with Gasteiger partial charge in [-0.05, 0) is 25.0 Å². The Kier molecular flexibility index (Phi) is 2.31. The van der Waals surface area contributed by atoms with Gasteiger partial charge < -0.3 is 0 Å². The van der Waals surface area contributed by atoms with Crippen LogP contribution in [-0.4, -0.2) is 20.8 Å². The molecular weight excluding hydrogens is 216 g/mol. The first-order chi connectivity index (χ1) is 8.38. The second-order valence-electron chi connectivity index (χ2n) is 3.99. The summed E-state index contributed by atoms with van der Waals surface area (Å²) in [6.45, 7) is 0. The van der Waals surface area contributed by atoms with Crippen molar-refractivity contribution in [3.05, 3.63) is 36.2 Å². The molecule has 2 aromatic rings. The first-order valence-electron chi connectivity index (χ1n) is 5.49. The summed E-state index contributed by atoms with van der Waals surface area (Å²) in [6.07, 6.45) is 3.75. The average molecular weight is 226 g/mol. The minimum absolute atomic E-state index is 0.299. The Bertz CT molecular complexity index is 580. The molecular formula is C12H10N4O. The molecule has 1 fully saturated rings. The van der Waals surface area contributed by atoms with E-state index < -0.39 is 0 Å². The Hall–Kier alpha value is -2.26. The molecule has 0 amide bonds. The Labute approximate surface area is 97.8 Å². The van der Waals surface area contributed by atoms with Gasteiger partial charge >= 0.3 is 0 Å². The van der Waals surface area contributed by atoms with Crippen LogP contribution in [-0.2, 0) is 4.79 Å². The van der Waals surface area contributed by atoms with Gasteiger partial charge in [0.05, 0.1) is 5.69 Å². The summed E-state index contributed by atoms with van der Waals surface area (Å²) in [6, 6.07) is 9.53. The van der Waals surface area contributed by atoms with E-state index in [1.807, 2.05) is 30.3 Å². The van der Waals surface area contributed by atoms with Gasteiger partial charge in [0.2, 0.25) is 6.08 Å². The lowest BCUT2D eigenvalue weighted by molar-refractivity contribution is 0.565. The van der Waals surface area contributed by atoms with Crippen molar-refractivity contribution in [3.8, 4) is 5.69 Å². The topological polar surface area (TPSA) is 60.1 Å². The van der Waals surface area contributed by atoms with E-state index >= 15 is 0 Å². The number of aromatic nitrogens is 3. The number of nitrogens with zero attached hydrogens (tertiary/aromatic N) is 4. The lowest BCUT2D eigenvalue weighted by Crippen LogP contribution is -1.96. The van der Waals surface area contributed by atoms with Gasteiger partial charge in [-0.25, -0.2) is 4.79 Å². The molecule has 5 nitrogen and oxygen atoms in total. The minimum Gasteiger partial charge on any atom is -0.211 e.